The molecule has 0 unspecified atom stereocenters. The molecule has 1 aromatic rings. The Balaban J connectivity index is 1.61. The topological polar surface area (TPSA) is 70.2 Å². The molecule has 2 aliphatic rings. The second-order valence-corrected chi connectivity index (χ2v) is 6.80. The second kappa shape index (κ2) is 6.89. The van der Waals surface area contributed by atoms with Gasteiger partial charge in [0.15, 0.2) is 0 Å². The average Bonchev–Trinajstić information content (AvgIpc) is 2.52. The number of anilines is 1. The van der Waals surface area contributed by atoms with Crippen molar-refractivity contribution < 1.29 is 9.59 Å². The van der Waals surface area contributed by atoms with Crippen LogP contribution in [0.2, 0.25) is 5.02 Å². The van der Waals surface area contributed by atoms with Gasteiger partial charge in [-0.25, -0.2) is 0 Å². The zero-order valence-corrected chi connectivity index (χ0v) is 14.0. The first kappa shape index (κ1) is 16.3. The summed E-state index contributed by atoms with van der Waals surface area (Å²) >= 11 is 6.06. The van der Waals surface area contributed by atoms with Crippen LogP contribution in [0.5, 0.6) is 0 Å². The highest BCUT2D eigenvalue weighted by Gasteiger charge is 2.36. The van der Waals surface area contributed by atoms with E-state index in [1.165, 1.54) is 6.42 Å². The predicted octanol–water partition coefficient (Wildman–Crippen LogP) is 2.38. The second-order valence-electron chi connectivity index (χ2n) is 6.39. The van der Waals surface area contributed by atoms with E-state index >= 15 is 0 Å². The molecule has 0 bridgehead atoms. The monoisotopic (exact) mass is 335 g/mol. The molecule has 6 heteroatoms. The van der Waals surface area contributed by atoms with E-state index < -0.39 is 6.04 Å². The molecule has 2 fully saturated rings. The van der Waals surface area contributed by atoms with Gasteiger partial charge in [0, 0.05) is 22.8 Å². The summed E-state index contributed by atoms with van der Waals surface area (Å²) in [5.74, 6) is -0.261. The van der Waals surface area contributed by atoms with Crippen molar-refractivity contribution >= 4 is 29.1 Å². The smallest absolute Gasteiger partial charge is 0.237 e. The van der Waals surface area contributed by atoms with Gasteiger partial charge >= 0.3 is 0 Å². The highest BCUT2D eigenvalue weighted by atomic mass is 35.5. The fourth-order valence-electron chi connectivity index (χ4n) is 3.40. The number of halogens is 1. The first-order valence-electron chi connectivity index (χ1n) is 8.16. The van der Waals surface area contributed by atoms with Crippen molar-refractivity contribution in [3.63, 3.8) is 0 Å². The maximum Gasteiger partial charge on any atom is 0.237 e. The van der Waals surface area contributed by atoms with Gasteiger partial charge in [-0.05, 0) is 37.5 Å². The highest BCUT2D eigenvalue weighted by molar-refractivity contribution is 6.31. The Morgan fingerprint density at radius 1 is 1.30 bits per heavy atom. The number of hydrogen-bond donors (Lipinski definition) is 3. The normalized spacial score (nSPS) is 27.0. The van der Waals surface area contributed by atoms with Crippen LogP contribution in [0.25, 0.3) is 0 Å². The Bertz CT molecular complexity index is 620. The Hall–Kier alpha value is -1.59. The minimum absolute atomic E-state index is 0.0777. The molecule has 0 radical (unpaired) electrons. The summed E-state index contributed by atoms with van der Waals surface area (Å²) in [5.41, 5.74) is 1.52. The third-order valence-electron chi connectivity index (χ3n) is 4.76. The lowest BCUT2D eigenvalue weighted by molar-refractivity contribution is -0.129. The van der Waals surface area contributed by atoms with E-state index in [0.29, 0.717) is 10.7 Å². The van der Waals surface area contributed by atoms with E-state index in [4.69, 9.17) is 11.6 Å². The molecule has 1 aliphatic heterocycles. The zero-order chi connectivity index (χ0) is 16.4. The summed E-state index contributed by atoms with van der Waals surface area (Å²) in [6, 6.07) is 5.42. The standard InChI is InChI=1S/C17H22ClN3O2/c1-10-11(18)5-4-8-12(10)20-16(22)9-15-17(23)21-14-7-3-2-6-13(14)19-15/h4-5,8,13-15,19H,2-3,6-7,9H2,1H3,(H,20,22)(H,21,23)/t13-,14-,15+/m0/s1. The van der Waals surface area contributed by atoms with Crippen LogP contribution in [-0.4, -0.2) is 29.9 Å². The number of fused-ring (bicyclic) bond motifs is 1. The Morgan fingerprint density at radius 2 is 2.04 bits per heavy atom. The summed E-state index contributed by atoms with van der Waals surface area (Å²) in [6.07, 6.45) is 4.52. The molecule has 0 aromatic heterocycles. The Morgan fingerprint density at radius 3 is 2.83 bits per heavy atom. The molecule has 0 spiro atoms. The molecular weight excluding hydrogens is 314 g/mol. The lowest BCUT2D eigenvalue weighted by Gasteiger charge is -2.40. The van der Waals surface area contributed by atoms with Crippen LogP contribution in [-0.2, 0) is 9.59 Å². The zero-order valence-electron chi connectivity index (χ0n) is 13.2. The van der Waals surface area contributed by atoms with Crippen molar-refractivity contribution in [3.8, 4) is 0 Å². The van der Waals surface area contributed by atoms with Gasteiger partial charge in [-0.3, -0.25) is 9.59 Å². The molecule has 23 heavy (non-hydrogen) atoms. The molecule has 1 saturated heterocycles. The van der Waals surface area contributed by atoms with E-state index in [1.54, 1.807) is 12.1 Å². The molecule has 1 aliphatic carbocycles. The van der Waals surface area contributed by atoms with E-state index in [-0.39, 0.29) is 30.3 Å². The van der Waals surface area contributed by atoms with Gasteiger partial charge in [0.25, 0.3) is 0 Å². The first-order chi connectivity index (χ1) is 11.0. The number of carbonyl (C=O) groups excluding carboxylic acids is 2. The van der Waals surface area contributed by atoms with Crippen LogP contribution in [0.3, 0.4) is 0 Å². The van der Waals surface area contributed by atoms with Gasteiger partial charge in [0.1, 0.15) is 0 Å². The van der Waals surface area contributed by atoms with E-state index in [2.05, 4.69) is 16.0 Å². The summed E-state index contributed by atoms with van der Waals surface area (Å²) in [6.45, 7) is 1.86. The number of hydrogen-bond acceptors (Lipinski definition) is 3. The largest absolute Gasteiger partial charge is 0.350 e. The van der Waals surface area contributed by atoms with Crippen molar-refractivity contribution in [3.05, 3.63) is 28.8 Å². The Kier molecular flexibility index (Phi) is 4.87. The van der Waals surface area contributed by atoms with Crippen molar-refractivity contribution in [1.82, 2.24) is 10.6 Å². The number of nitrogens with one attached hydrogen (secondary N) is 3. The van der Waals surface area contributed by atoms with Gasteiger partial charge in [-0.2, -0.15) is 0 Å². The number of rotatable bonds is 3. The summed E-state index contributed by atoms with van der Waals surface area (Å²) in [4.78, 5) is 24.5. The van der Waals surface area contributed by atoms with E-state index in [9.17, 15) is 9.59 Å². The van der Waals surface area contributed by atoms with Gasteiger partial charge in [0.05, 0.1) is 12.5 Å². The number of carbonyl (C=O) groups is 2. The van der Waals surface area contributed by atoms with Crippen LogP contribution in [0.4, 0.5) is 5.69 Å². The van der Waals surface area contributed by atoms with Crippen LogP contribution in [0.15, 0.2) is 18.2 Å². The molecule has 1 saturated carbocycles. The maximum absolute atomic E-state index is 12.3. The van der Waals surface area contributed by atoms with Gasteiger partial charge < -0.3 is 16.0 Å². The lowest BCUT2D eigenvalue weighted by Crippen LogP contribution is -2.65. The average molecular weight is 336 g/mol. The molecule has 124 valence electrons. The lowest BCUT2D eigenvalue weighted by atomic mass is 9.87. The predicted molar refractivity (Wildman–Crippen MR) is 90.5 cm³/mol. The molecule has 2 amide bonds. The molecule has 1 heterocycles. The minimum atomic E-state index is -0.464. The van der Waals surface area contributed by atoms with Crippen molar-refractivity contribution in [2.75, 3.05) is 5.32 Å². The van der Waals surface area contributed by atoms with Crippen LogP contribution in [0, 0.1) is 6.92 Å². The molecule has 1 aromatic carbocycles. The number of amides is 2. The van der Waals surface area contributed by atoms with Gasteiger partial charge in [0.2, 0.25) is 11.8 Å². The fraction of sp³-hybridized carbons (Fsp3) is 0.529. The summed E-state index contributed by atoms with van der Waals surface area (Å²) < 4.78 is 0. The van der Waals surface area contributed by atoms with Gasteiger partial charge in [-0.15, -0.1) is 0 Å². The third-order valence-corrected chi connectivity index (χ3v) is 5.17. The number of piperazine rings is 1. The molecular formula is C17H22ClN3O2. The quantitative estimate of drug-likeness (QED) is 0.794. The maximum atomic E-state index is 12.3. The number of benzene rings is 1. The molecule has 3 rings (SSSR count). The molecule has 3 atom stereocenters. The fourth-order valence-corrected chi connectivity index (χ4v) is 3.58. The van der Waals surface area contributed by atoms with Crippen molar-refractivity contribution in [1.29, 1.82) is 0 Å². The molecule has 5 nitrogen and oxygen atoms in total. The van der Waals surface area contributed by atoms with Gasteiger partial charge in [-0.1, -0.05) is 30.5 Å². The minimum Gasteiger partial charge on any atom is -0.350 e. The van der Waals surface area contributed by atoms with Crippen LogP contribution >= 0.6 is 11.6 Å². The summed E-state index contributed by atoms with van der Waals surface area (Å²) in [5, 5.41) is 9.86. The SMILES string of the molecule is Cc1c(Cl)cccc1NC(=O)C[C@H]1N[C@H]2CCCC[C@@H]2NC1=O. The third kappa shape index (κ3) is 3.67. The summed E-state index contributed by atoms with van der Waals surface area (Å²) in [7, 11) is 0. The first-order valence-corrected chi connectivity index (χ1v) is 8.54. The van der Waals surface area contributed by atoms with Crippen molar-refractivity contribution in [2.24, 2.45) is 0 Å². The highest BCUT2D eigenvalue weighted by Crippen LogP contribution is 2.24. The van der Waals surface area contributed by atoms with Crippen LogP contribution in [0.1, 0.15) is 37.7 Å². The van der Waals surface area contributed by atoms with Crippen molar-refractivity contribution in [2.45, 2.75) is 57.2 Å². The molecule has 3 N–H and O–H groups in total. The Labute approximate surface area is 141 Å². The van der Waals surface area contributed by atoms with E-state index in [1.807, 2.05) is 13.0 Å². The van der Waals surface area contributed by atoms with E-state index in [0.717, 1.165) is 24.8 Å². The van der Waals surface area contributed by atoms with Crippen LogP contribution < -0.4 is 16.0 Å².